The Bertz CT molecular complexity index is 1550. The van der Waals surface area contributed by atoms with Gasteiger partial charge in [-0.1, -0.05) is 72.1 Å². The number of urea groups is 1. The molecule has 5 saturated carbocycles. The molecule has 0 radical (unpaired) electrons. The van der Waals surface area contributed by atoms with Crippen molar-refractivity contribution in [2.45, 2.75) is 179 Å². The fourth-order valence-electron chi connectivity index (χ4n) is 9.66. The zero-order valence-electron chi connectivity index (χ0n) is 33.0. The summed E-state index contributed by atoms with van der Waals surface area (Å²) in [6.45, 7) is 11.6. The van der Waals surface area contributed by atoms with Crippen LogP contribution in [-0.4, -0.2) is 89.6 Å². The van der Waals surface area contributed by atoms with Gasteiger partial charge in [-0.15, -0.1) is 0 Å². The second-order valence-corrected chi connectivity index (χ2v) is 22.3. The molecule has 0 aromatic rings. The van der Waals surface area contributed by atoms with E-state index in [1.807, 2.05) is 6.92 Å². The molecule has 6 rings (SSSR count). The van der Waals surface area contributed by atoms with Crippen LogP contribution in [0.2, 0.25) is 0 Å². The van der Waals surface area contributed by atoms with Gasteiger partial charge in [-0.2, -0.15) is 0 Å². The van der Waals surface area contributed by atoms with Gasteiger partial charge in [0.25, 0.3) is 5.91 Å². The number of ketones is 1. The number of piperidine rings is 1. The summed E-state index contributed by atoms with van der Waals surface area (Å²) < 4.78 is 26.0. The molecule has 12 nitrogen and oxygen atoms in total. The number of fused-ring (bicyclic) bond motifs is 1. The number of rotatable bonds is 14. The van der Waals surface area contributed by atoms with E-state index in [1.54, 1.807) is 25.7 Å². The minimum Gasteiger partial charge on any atom is -0.347 e. The highest BCUT2D eigenvalue weighted by Crippen LogP contribution is 2.65. The minimum atomic E-state index is -3.56. The number of hydrogen-bond donors (Lipinski definition) is 4. The van der Waals surface area contributed by atoms with E-state index < -0.39 is 67.3 Å². The van der Waals surface area contributed by atoms with Crippen LogP contribution in [0.5, 0.6) is 0 Å². The van der Waals surface area contributed by atoms with Crippen molar-refractivity contribution in [1.29, 1.82) is 0 Å². The number of Topliss-reactive ketones (excluding diaryl/α,β-unsaturated/α-hetero) is 1. The van der Waals surface area contributed by atoms with Crippen molar-refractivity contribution < 1.29 is 32.4 Å². The monoisotopic (exact) mass is 759 g/mol. The molecule has 53 heavy (non-hydrogen) atoms. The summed E-state index contributed by atoms with van der Waals surface area (Å²) in [5.74, 6) is -1.74. The summed E-state index contributed by atoms with van der Waals surface area (Å²) in [4.78, 5) is 71.4. The Morgan fingerprint density at radius 1 is 0.830 bits per heavy atom. The lowest BCUT2D eigenvalue weighted by atomic mass is 9.70. The van der Waals surface area contributed by atoms with Gasteiger partial charge in [0.15, 0.2) is 9.84 Å². The van der Waals surface area contributed by atoms with E-state index in [9.17, 15) is 32.4 Å². The number of carbonyl (C=O) groups excluding carboxylic acids is 5. The molecule has 6 aliphatic rings. The van der Waals surface area contributed by atoms with Gasteiger partial charge in [-0.25, -0.2) is 13.2 Å². The van der Waals surface area contributed by atoms with E-state index in [-0.39, 0.29) is 35.0 Å². The lowest BCUT2D eigenvalue weighted by Crippen LogP contribution is -2.65. The first-order valence-electron chi connectivity index (χ1n) is 20.5. The molecule has 5 amide bonds. The summed E-state index contributed by atoms with van der Waals surface area (Å²) >= 11 is 0. The van der Waals surface area contributed by atoms with Gasteiger partial charge in [0.1, 0.15) is 12.1 Å². The summed E-state index contributed by atoms with van der Waals surface area (Å²) in [5.41, 5.74) is -1.70. The molecule has 4 N–H and O–H groups in total. The molecule has 13 heteroatoms. The predicted molar refractivity (Wildman–Crippen MR) is 202 cm³/mol. The number of sulfone groups is 1. The smallest absolute Gasteiger partial charge is 0.315 e. The van der Waals surface area contributed by atoms with Gasteiger partial charge in [0.05, 0.1) is 22.1 Å². The van der Waals surface area contributed by atoms with Gasteiger partial charge in [-0.05, 0) is 101 Å². The SMILES string of the molecule is CC1(C(NC(=O)NC2(CS(=O)(=O)C(C)(C)C)CCCCC2)C(=O)N2CC3C(C2C(=O)NC(CCC2CC2)C(=O)C(=O)NC2CC2)C3(C)C)CCCCC1. The summed E-state index contributed by atoms with van der Waals surface area (Å²) in [6.07, 6.45) is 12.9. The van der Waals surface area contributed by atoms with Crippen molar-refractivity contribution in [2.24, 2.45) is 28.6 Å². The van der Waals surface area contributed by atoms with Gasteiger partial charge >= 0.3 is 6.03 Å². The maximum atomic E-state index is 15.0. The van der Waals surface area contributed by atoms with E-state index in [1.165, 1.54) is 0 Å². The average molecular weight is 760 g/mol. The number of likely N-dealkylation sites (tertiary alicyclic amines) is 1. The Labute approximate surface area is 316 Å². The third-order valence-electron chi connectivity index (χ3n) is 13.9. The van der Waals surface area contributed by atoms with E-state index in [4.69, 9.17) is 0 Å². The van der Waals surface area contributed by atoms with Crippen LogP contribution in [0, 0.1) is 28.6 Å². The van der Waals surface area contributed by atoms with Crippen LogP contribution in [0.15, 0.2) is 0 Å². The second kappa shape index (κ2) is 14.8. The van der Waals surface area contributed by atoms with Crippen LogP contribution in [0.1, 0.15) is 144 Å². The molecule has 298 valence electrons. The van der Waals surface area contributed by atoms with Gasteiger partial charge in [-0.3, -0.25) is 19.2 Å². The van der Waals surface area contributed by atoms with Crippen molar-refractivity contribution in [3.05, 3.63) is 0 Å². The van der Waals surface area contributed by atoms with Crippen LogP contribution < -0.4 is 21.3 Å². The van der Waals surface area contributed by atoms with Crippen LogP contribution in [0.4, 0.5) is 4.79 Å². The highest BCUT2D eigenvalue weighted by atomic mass is 32.2. The maximum absolute atomic E-state index is 15.0. The van der Waals surface area contributed by atoms with Gasteiger partial charge in [0, 0.05) is 12.6 Å². The zero-order valence-corrected chi connectivity index (χ0v) is 33.8. The quantitative estimate of drug-likeness (QED) is 0.188. The van der Waals surface area contributed by atoms with E-state index in [2.05, 4.69) is 35.1 Å². The predicted octanol–water partition coefficient (Wildman–Crippen LogP) is 4.55. The first-order valence-corrected chi connectivity index (χ1v) is 22.2. The van der Waals surface area contributed by atoms with Crippen LogP contribution in [-0.2, 0) is 29.0 Å². The third-order valence-corrected chi connectivity index (χ3v) is 16.7. The molecule has 0 aromatic carbocycles. The van der Waals surface area contributed by atoms with Gasteiger partial charge in [0.2, 0.25) is 17.6 Å². The van der Waals surface area contributed by atoms with E-state index in [0.29, 0.717) is 31.7 Å². The summed E-state index contributed by atoms with van der Waals surface area (Å²) in [5, 5.41) is 11.9. The molecule has 6 fully saturated rings. The highest BCUT2D eigenvalue weighted by molar-refractivity contribution is 7.92. The molecule has 5 unspecified atom stereocenters. The first kappa shape index (κ1) is 40.0. The Balaban J connectivity index is 1.23. The highest BCUT2D eigenvalue weighted by Gasteiger charge is 2.70. The minimum absolute atomic E-state index is 0.0147. The van der Waals surface area contributed by atoms with Crippen LogP contribution in [0.25, 0.3) is 0 Å². The molecule has 0 spiro atoms. The average Bonchev–Trinajstić information content (AvgIpc) is 4.04. The molecule has 1 heterocycles. The Morgan fingerprint density at radius 3 is 2.00 bits per heavy atom. The fraction of sp³-hybridized carbons (Fsp3) is 0.875. The summed E-state index contributed by atoms with van der Waals surface area (Å²) in [7, 11) is -3.56. The molecule has 1 aliphatic heterocycles. The molecule has 5 aliphatic carbocycles. The van der Waals surface area contributed by atoms with Crippen molar-refractivity contribution in [3.63, 3.8) is 0 Å². The van der Waals surface area contributed by atoms with E-state index in [0.717, 1.165) is 83.5 Å². The van der Waals surface area contributed by atoms with Crippen LogP contribution in [0.3, 0.4) is 0 Å². The van der Waals surface area contributed by atoms with Crippen molar-refractivity contribution in [1.82, 2.24) is 26.2 Å². The second-order valence-electron chi connectivity index (χ2n) is 19.5. The maximum Gasteiger partial charge on any atom is 0.315 e. The standard InChI is InChI=1S/C40H65N5O7S/c1-37(2,3)53(51,52)24-40(21-11-8-12-22-40)44-36(50)43-32(39(6)19-9-7-10-20-39)35(49)45-23-27-29(38(27,4)5)30(45)33(47)42-28(18-15-25-13-14-25)31(46)34(48)41-26-16-17-26/h25-30,32H,7-24H2,1-6H3,(H,41,48)(H,42,47)(H2,43,44,50). The first-order chi connectivity index (χ1) is 24.8. The van der Waals surface area contributed by atoms with Crippen LogP contribution >= 0.6 is 0 Å². The molecule has 0 aromatic heterocycles. The number of hydrogen-bond acceptors (Lipinski definition) is 7. The molecule has 0 bridgehead atoms. The Hall–Kier alpha value is -2.70. The summed E-state index contributed by atoms with van der Waals surface area (Å²) in [6, 6.07) is -3.28. The van der Waals surface area contributed by atoms with E-state index >= 15 is 0 Å². The topological polar surface area (TPSA) is 171 Å². The molecular weight excluding hydrogens is 695 g/mol. The lowest BCUT2D eigenvalue weighted by Gasteiger charge is -2.44. The largest absolute Gasteiger partial charge is 0.347 e. The fourth-order valence-corrected chi connectivity index (χ4v) is 11.2. The lowest BCUT2D eigenvalue weighted by molar-refractivity contribution is -0.146. The number of amides is 5. The van der Waals surface area contributed by atoms with Crippen molar-refractivity contribution >= 4 is 39.4 Å². The van der Waals surface area contributed by atoms with Gasteiger partial charge < -0.3 is 26.2 Å². The zero-order chi connectivity index (χ0) is 38.6. The Kier molecular flexibility index (Phi) is 11.1. The normalized spacial score (nSPS) is 28.5. The number of carbonyl (C=O) groups is 5. The van der Waals surface area contributed by atoms with Crippen molar-refractivity contribution in [3.8, 4) is 0 Å². The van der Waals surface area contributed by atoms with Crippen molar-refractivity contribution in [2.75, 3.05) is 12.3 Å². The molecule has 1 saturated heterocycles. The Morgan fingerprint density at radius 2 is 1.43 bits per heavy atom. The number of nitrogens with zero attached hydrogens (tertiary/aromatic N) is 1. The third kappa shape index (κ3) is 8.75. The number of nitrogens with one attached hydrogen (secondary N) is 4. The molecular formula is C40H65N5O7S. The molecule has 5 atom stereocenters.